The molecule has 0 atom stereocenters. The van der Waals surface area contributed by atoms with E-state index in [1.54, 1.807) is 0 Å². The second kappa shape index (κ2) is 4.18. The van der Waals surface area contributed by atoms with Crippen LogP contribution in [0.5, 0.6) is 5.75 Å². The van der Waals surface area contributed by atoms with Crippen molar-refractivity contribution < 1.29 is 4.74 Å². The number of hydrogen-bond acceptors (Lipinski definition) is 2. The van der Waals surface area contributed by atoms with Gasteiger partial charge in [-0.25, -0.2) is 0 Å². The molecule has 1 aromatic rings. The maximum atomic E-state index is 5.89. The molecular weight excluding hydrogens is 222 g/mol. The van der Waals surface area contributed by atoms with Gasteiger partial charge in [-0.05, 0) is 22.5 Å². The Labute approximate surface area is 111 Å². The van der Waals surface area contributed by atoms with Crippen LogP contribution in [0.1, 0.15) is 52.7 Å². The molecule has 1 aliphatic rings. The molecule has 0 aliphatic carbocycles. The van der Waals surface area contributed by atoms with Gasteiger partial charge in [0.1, 0.15) is 12.4 Å². The first-order chi connectivity index (χ1) is 8.19. The van der Waals surface area contributed by atoms with Gasteiger partial charge in [0.15, 0.2) is 0 Å². The molecule has 100 valence electrons. The van der Waals surface area contributed by atoms with Gasteiger partial charge in [-0.15, -0.1) is 0 Å². The van der Waals surface area contributed by atoms with Crippen LogP contribution in [-0.2, 0) is 10.8 Å². The van der Waals surface area contributed by atoms with Gasteiger partial charge in [0.25, 0.3) is 0 Å². The summed E-state index contributed by atoms with van der Waals surface area (Å²) in [5.74, 6) is 1.04. The molecule has 2 heteroatoms. The Bertz CT molecular complexity index is 449. The van der Waals surface area contributed by atoms with Gasteiger partial charge in [0.2, 0.25) is 0 Å². The Hall–Kier alpha value is -1.18. The maximum Gasteiger partial charge on any atom is 0.146 e. The molecule has 0 saturated carbocycles. The van der Waals surface area contributed by atoms with E-state index >= 15 is 0 Å². The lowest BCUT2D eigenvalue weighted by Crippen LogP contribution is -2.24. The molecule has 0 unspecified atom stereocenters. The first-order valence-corrected chi connectivity index (χ1v) is 6.75. The van der Waals surface area contributed by atoms with Gasteiger partial charge in [0.05, 0.1) is 5.69 Å². The molecule has 1 aliphatic heterocycles. The fourth-order valence-electron chi connectivity index (χ4n) is 2.24. The van der Waals surface area contributed by atoms with E-state index in [9.17, 15) is 0 Å². The number of hydrogen-bond donors (Lipinski definition) is 1. The minimum atomic E-state index is 0.102. The van der Waals surface area contributed by atoms with E-state index in [-0.39, 0.29) is 10.8 Å². The summed E-state index contributed by atoms with van der Waals surface area (Å²) >= 11 is 0. The molecule has 1 aromatic carbocycles. The predicted octanol–water partition coefficient (Wildman–Crippen LogP) is 4.09. The lowest BCUT2D eigenvalue weighted by atomic mass is 9.79. The van der Waals surface area contributed by atoms with Gasteiger partial charge in [0, 0.05) is 12.1 Å². The van der Waals surface area contributed by atoms with Crippen LogP contribution in [0, 0.1) is 0 Å². The van der Waals surface area contributed by atoms with E-state index in [0.29, 0.717) is 0 Å². The normalized spacial score (nSPS) is 15.7. The zero-order valence-corrected chi connectivity index (χ0v) is 12.5. The molecule has 1 N–H and O–H groups in total. The van der Waals surface area contributed by atoms with Gasteiger partial charge in [-0.3, -0.25) is 0 Å². The van der Waals surface area contributed by atoms with Crippen molar-refractivity contribution in [3.05, 3.63) is 23.3 Å². The van der Waals surface area contributed by atoms with Crippen molar-refractivity contribution in [2.24, 2.45) is 0 Å². The van der Waals surface area contributed by atoms with E-state index in [2.05, 4.69) is 59.0 Å². The fourth-order valence-corrected chi connectivity index (χ4v) is 2.24. The summed E-state index contributed by atoms with van der Waals surface area (Å²) in [6.07, 6.45) is 0. The van der Waals surface area contributed by atoms with Crippen LogP contribution in [0.15, 0.2) is 12.1 Å². The molecule has 2 rings (SSSR count). The molecule has 0 aromatic heterocycles. The minimum Gasteiger partial charge on any atom is -0.489 e. The smallest absolute Gasteiger partial charge is 0.146 e. The fraction of sp³-hybridized carbons (Fsp3) is 0.625. The molecule has 0 radical (unpaired) electrons. The topological polar surface area (TPSA) is 21.3 Å². The molecule has 0 fully saturated rings. The summed E-state index contributed by atoms with van der Waals surface area (Å²) in [7, 11) is 0. The van der Waals surface area contributed by atoms with Crippen molar-refractivity contribution >= 4 is 5.69 Å². The van der Waals surface area contributed by atoms with Crippen molar-refractivity contribution in [2.45, 2.75) is 52.4 Å². The Morgan fingerprint density at radius 2 is 1.67 bits per heavy atom. The summed E-state index contributed by atoms with van der Waals surface area (Å²) in [4.78, 5) is 0. The molecule has 2 nitrogen and oxygen atoms in total. The van der Waals surface area contributed by atoms with Crippen LogP contribution in [0.2, 0.25) is 0 Å². The summed E-state index contributed by atoms with van der Waals surface area (Å²) < 4.78 is 5.89. The zero-order chi connectivity index (χ0) is 13.6. The van der Waals surface area contributed by atoms with Crippen LogP contribution in [0.25, 0.3) is 0 Å². The number of benzene rings is 1. The van der Waals surface area contributed by atoms with Gasteiger partial charge >= 0.3 is 0 Å². The largest absolute Gasteiger partial charge is 0.489 e. The third-order valence-corrected chi connectivity index (χ3v) is 3.43. The number of rotatable bonds is 0. The second-order valence-corrected chi connectivity index (χ2v) is 7.18. The minimum absolute atomic E-state index is 0.102. The highest BCUT2D eigenvalue weighted by Crippen LogP contribution is 2.41. The van der Waals surface area contributed by atoms with Crippen molar-refractivity contribution in [3.8, 4) is 5.75 Å². The van der Waals surface area contributed by atoms with Crippen LogP contribution < -0.4 is 10.1 Å². The standard InChI is InChI=1S/C16H25NO/c1-15(2,3)11-9-12(16(4,5)6)14-13(10-11)17-7-8-18-14/h9-10,17H,7-8H2,1-6H3. The first-order valence-electron chi connectivity index (χ1n) is 6.75. The highest BCUT2D eigenvalue weighted by molar-refractivity contribution is 5.65. The Morgan fingerprint density at radius 1 is 1.00 bits per heavy atom. The van der Waals surface area contributed by atoms with Crippen LogP contribution >= 0.6 is 0 Å². The molecule has 0 spiro atoms. The molecule has 1 heterocycles. The van der Waals surface area contributed by atoms with Crippen molar-refractivity contribution in [1.29, 1.82) is 0 Å². The van der Waals surface area contributed by atoms with Crippen molar-refractivity contribution in [2.75, 3.05) is 18.5 Å². The van der Waals surface area contributed by atoms with E-state index in [4.69, 9.17) is 4.74 Å². The number of anilines is 1. The molecule has 0 bridgehead atoms. The van der Waals surface area contributed by atoms with E-state index in [0.717, 1.165) is 24.6 Å². The SMILES string of the molecule is CC(C)(C)c1cc2c(c(C(C)(C)C)c1)OCCN2. The Balaban J connectivity index is 2.63. The maximum absolute atomic E-state index is 5.89. The number of fused-ring (bicyclic) bond motifs is 1. The third kappa shape index (κ3) is 2.47. The quantitative estimate of drug-likeness (QED) is 0.745. The zero-order valence-electron chi connectivity index (χ0n) is 12.5. The molecular formula is C16H25NO. The number of ether oxygens (including phenoxy) is 1. The van der Waals surface area contributed by atoms with E-state index < -0.39 is 0 Å². The molecule has 0 saturated heterocycles. The predicted molar refractivity (Wildman–Crippen MR) is 77.8 cm³/mol. The average Bonchev–Trinajstić information content (AvgIpc) is 2.25. The lowest BCUT2D eigenvalue weighted by molar-refractivity contribution is 0.313. The average molecular weight is 247 g/mol. The Morgan fingerprint density at radius 3 is 2.22 bits per heavy atom. The Kier molecular flexibility index (Phi) is 3.08. The van der Waals surface area contributed by atoms with Gasteiger partial charge in [-0.1, -0.05) is 47.6 Å². The lowest BCUT2D eigenvalue weighted by Gasteiger charge is -2.31. The van der Waals surface area contributed by atoms with Crippen LogP contribution in [-0.4, -0.2) is 13.2 Å². The monoisotopic (exact) mass is 247 g/mol. The van der Waals surface area contributed by atoms with Crippen molar-refractivity contribution in [3.63, 3.8) is 0 Å². The van der Waals surface area contributed by atoms with Gasteiger partial charge < -0.3 is 10.1 Å². The summed E-state index contributed by atoms with van der Waals surface area (Å²) in [5, 5.41) is 3.46. The van der Waals surface area contributed by atoms with E-state index in [1.165, 1.54) is 11.1 Å². The van der Waals surface area contributed by atoms with Crippen LogP contribution in [0.4, 0.5) is 5.69 Å². The molecule has 18 heavy (non-hydrogen) atoms. The molecule has 0 amide bonds. The van der Waals surface area contributed by atoms with Gasteiger partial charge in [-0.2, -0.15) is 0 Å². The van der Waals surface area contributed by atoms with E-state index in [1.807, 2.05) is 0 Å². The second-order valence-electron chi connectivity index (χ2n) is 7.18. The third-order valence-electron chi connectivity index (χ3n) is 3.43. The summed E-state index contributed by atoms with van der Waals surface area (Å²) in [5.41, 5.74) is 4.08. The van der Waals surface area contributed by atoms with Crippen LogP contribution in [0.3, 0.4) is 0 Å². The number of nitrogens with one attached hydrogen (secondary N) is 1. The highest BCUT2D eigenvalue weighted by atomic mass is 16.5. The summed E-state index contributed by atoms with van der Waals surface area (Å²) in [6, 6.07) is 4.55. The van der Waals surface area contributed by atoms with Crippen molar-refractivity contribution in [1.82, 2.24) is 0 Å². The highest BCUT2D eigenvalue weighted by Gasteiger charge is 2.27. The summed E-state index contributed by atoms with van der Waals surface area (Å²) in [6.45, 7) is 15.1. The first kappa shape index (κ1) is 13.3.